The Morgan fingerprint density at radius 1 is 1.38 bits per heavy atom. The minimum atomic E-state index is 0.279. The topological polar surface area (TPSA) is 59.5 Å². The maximum absolute atomic E-state index is 5.89. The van der Waals surface area contributed by atoms with Gasteiger partial charge in [0.2, 0.25) is 5.75 Å². The van der Waals surface area contributed by atoms with Crippen LogP contribution in [0.15, 0.2) is 6.33 Å². The second kappa shape index (κ2) is 8.02. The monoisotopic (exact) mass is 294 g/mol. The first-order chi connectivity index (χ1) is 10.3. The smallest absolute Gasteiger partial charge is 0.204 e. The van der Waals surface area contributed by atoms with Gasteiger partial charge >= 0.3 is 0 Å². The van der Waals surface area contributed by atoms with Crippen LogP contribution in [0.25, 0.3) is 0 Å². The van der Waals surface area contributed by atoms with E-state index in [1.807, 2.05) is 6.92 Å². The van der Waals surface area contributed by atoms with Gasteiger partial charge in [0.1, 0.15) is 6.33 Å². The van der Waals surface area contributed by atoms with Crippen LogP contribution in [-0.2, 0) is 4.74 Å². The number of rotatable bonds is 7. The van der Waals surface area contributed by atoms with Crippen molar-refractivity contribution >= 4 is 11.6 Å². The summed E-state index contributed by atoms with van der Waals surface area (Å²) in [6.45, 7) is 7.63. The predicted molar refractivity (Wildman–Crippen MR) is 84.2 cm³/mol. The highest BCUT2D eigenvalue weighted by atomic mass is 16.5. The van der Waals surface area contributed by atoms with E-state index in [4.69, 9.17) is 9.47 Å². The van der Waals surface area contributed by atoms with Crippen LogP contribution in [0.5, 0.6) is 5.75 Å². The third-order valence-corrected chi connectivity index (χ3v) is 3.57. The number of methoxy groups -OCH3 is 1. The lowest BCUT2D eigenvalue weighted by Crippen LogP contribution is -2.40. The van der Waals surface area contributed by atoms with E-state index in [0.717, 1.165) is 62.9 Å². The molecule has 0 radical (unpaired) electrons. The van der Waals surface area contributed by atoms with Crippen molar-refractivity contribution in [2.75, 3.05) is 43.6 Å². The molecule has 0 aliphatic carbocycles. The second-order valence-corrected chi connectivity index (χ2v) is 5.19. The van der Waals surface area contributed by atoms with Gasteiger partial charge in [0.25, 0.3) is 0 Å². The minimum absolute atomic E-state index is 0.279. The van der Waals surface area contributed by atoms with Gasteiger partial charge in [-0.05, 0) is 26.2 Å². The van der Waals surface area contributed by atoms with Crippen LogP contribution < -0.4 is 15.0 Å². The molecule has 1 N–H and O–H groups in total. The van der Waals surface area contributed by atoms with Crippen LogP contribution >= 0.6 is 0 Å². The molecule has 1 unspecified atom stereocenters. The van der Waals surface area contributed by atoms with E-state index in [0.29, 0.717) is 0 Å². The highest BCUT2D eigenvalue weighted by Crippen LogP contribution is 2.33. The van der Waals surface area contributed by atoms with Gasteiger partial charge in [0.15, 0.2) is 11.6 Å². The Kier molecular flexibility index (Phi) is 6.04. The highest BCUT2D eigenvalue weighted by Gasteiger charge is 2.25. The lowest BCUT2D eigenvalue weighted by Gasteiger charge is -2.34. The summed E-state index contributed by atoms with van der Waals surface area (Å²) >= 11 is 0. The molecule has 21 heavy (non-hydrogen) atoms. The molecule has 1 aliphatic heterocycles. The van der Waals surface area contributed by atoms with Gasteiger partial charge in [-0.1, -0.05) is 6.92 Å². The van der Waals surface area contributed by atoms with Gasteiger partial charge in [-0.25, -0.2) is 9.97 Å². The van der Waals surface area contributed by atoms with Crippen LogP contribution in [0, 0.1) is 0 Å². The van der Waals surface area contributed by atoms with Gasteiger partial charge in [0.05, 0.1) is 13.2 Å². The molecular weight excluding hydrogens is 268 g/mol. The van der Waals surface area contributed by atoms with E-state index in [-0.39, 0.29) is 6.10 Å². The Labute approximate surface area is 126 Å². The van der Waals surface area contributed by atoms with E-state index in [9.17, 15) is 0 Å². The lowest BCUT2D eigenvalue weighted by molar-refractivity contribution is 0.0438. The quantitative estimate of drug-likeness (QED) is 0.833. The molecule has 0 spiro atoms. The molecule has 2 heterocycles. The first kappa shape index (κ1) is 15.8. The standard InChI is InChI=1S/C15H26N4O2/c1-4-9-21-12-7-6-8-19(10-12)15-13(20-3)14(16-5-2)17-11-18-15/h11-12H,4-10H2,1-3H3,(H,16,17,18). The van der Waals surface area contributed by atoms with Crippen molar-refractivity contribution in [2.24, 2.45) is 0 Å². The molecule has 2 rings (SSSR count). The summed E-state index contributed by atoms with van der Waals surface area (Å²) in [6, 6.07) is 0. The van der Waals surface area contributed by atoms with Crippen molar-refractivity contribution in [2.45, 2.75) is 39.2 Å². The fourth-order valence-corrected chi connectivity index (χ4v) is 2.62. The fraction of sp³-hybridized carbons (Fsp3) is 0.733. The molecule has 0 amide bonds. The molecular formula is C15H26N4O2. The molecule has 6 nitrogen and oxygen atoms in total. The zero-order valence-corrected chi connectivity index (χ0v) is 13.3. The van der Waals surface area contributed by atoms with E-state index in [1.54, 1.807) is 13.4 Å². The van der Waals surface area contributed by atoms with Gasteiger partial charge in [-0.2, -0.15) is 0 Å². The SMILES string of the molecule is CCCOC1CCCN(c2ncnc(NCC)c2OC)C1. The Morgan fingerprint density at radius 3 is 2.95 bits per heavy atom. The number of ether oxygens (including phenoxy) is 2. The predicted octanol–water partition coefficient (Wildman–Crippen LogP) is 2.31. The molecule has 1 aromatic rings. The Bertz CT molecular complexity index is 442. The molecule has 1 saturated heterocycles. The van der Waals surface area contributed by atoms with Crippen molar-refractivity contribution in [1.82, 2.24) is 9.97 Å². The van der Waals surface area contributed by atoms with Crippen LogP contribution in [0.4, 0.5) is 11.6 Å². The normalized spacial score (nSPS) is 18.6. The van der Waals surface area contributed by atoms with Crippen molar-refractivity contribution < 1.29 is 9.47 Å². The molecule has 118 valence electrons. The summed E-state index contributed by atoms with van der Waals surface area (Å²) in [6.07, 6.45) is 5.15. The summed E-state index contributed by atoms with van der Waals surface area (Å²) in [5, 5.41) is 3.22. The summed E-state index contributed by atoms with van der Waals surface area (Å²) in [5.41, 5.74) is 0. The number of aromatic nitrogens is 2. The minimum Gasteiger partial charge on any atom is -0.490 e. The van der Waals surface area contributed by atoms with Crippen molar-refractivity contribution in [3.63, 3.8) is 0 Å². The third-order valence-electron chi connectivity index (χ3n) is 3.57. The number of nitrogens with zero attached hydrogens (tertiary/aromatic N) is 3. The number of anilines is 2. The Morgan fingerprint density at radius 2 is 2.24 bits per heavy atom. The second-order valence-electron chi connectivity index (χ2n) is 5.19. The van der Waals surface area contributed by atoms with E-state index < -0.39 is 0 Å². The summed E-state index contributed by atoms with van der Waals surface area (Å²) < 4.78 is 11.4. The van der Waals surface area contributed by atoms with Crippen LogP contribution in [-0.4, -0.2) is 49.4 Å². The molecule has 1 aromatic heterocycles. The maximum Gasteiger partial charge on any atom is 0.204 e. The summed E-state index contributed by atoms with van der Waals surface area (Å²) in [7, 11) is 1.66. The lowest BCUT2D eigenvalue weighted by atomic mass is 10.1. The molecule has 0 aromatic carbocycles. The van der Waals surface area contributed by atoms with Crippen LogP contribution in [0.3, 0.4) is 0 Å². The average molecular weight is 294 g/mol. The van der Waals surface area contributed by atoms with E-state index in [2.05, 4.69) is 27.1 Å². The van der Waals surface area contributed by atoms with Gasteiger partial charge in [-0.15, -0.1) is 0 Å². The Hall–Kier alpha value is -1.56. The van der Waals surface area contributed by atoms with Crippen molar-refractivity contribution in [3.05, 3.63) is 6.33 Å². The number of piperidine rings is 1. The maximum atomic E-state index is 5.89. The van der Waals surface area contributed by atoms with Crippen molar-refractivity contribution in [3.8, 4) is 5.75 Å². The number of hydrogen-bond donors (Lipinski definition) is 1. The van der Waals surface area contributed by atoms with Gasteiger partial charge in [0, 0.05) is 26.2 Å². The summed E-state index contributed by atoms with van der Waals surface area (Å²) in [4.78, 5) is 10.9. The van der Waals surface area contributed by atoms with Gasteiger partial charge in [-0.3, -0.25) is 0 Å². The van der Waals surface area contributed by atoms with Crippen LogP contribution in [0.1, 0.15) is 33.1 Å². The first-order valence-electron chi connectivity index (χ1n) is 7.79. The first-order valence-corrected chi connectivity index (χ1v) is 7.79. The zero-order chi connectivity index (χ0) is 15.1. The van der Waals surface area contributed by atoms with Crippen LogP contribution in [0.2, 0.25) is 0 Å². The van der Waals surface area contributed by atoms with E-state index >= 15 is 0 Å². The molecule has 1 aliphatic rings. The molecule has 1 fully saturated rings. The summed E-state index contributed by atoms with van der Waals surface area (Å²) in [5.74, 6) is 2.32. The van der Waals surface area contributed by atoms with Crippen molar-refractivity contribution in [1.29, 1.82) is 0 Å². The van der Waals surface area contributed by atoms with E-state index in [1.165, 1.54) is 0 Å². The highest BCUT2D eigenvalue weighted by molar-refractivity contribution is 5.64. The molecule has 1 atom stereocenters. The number of hydrogen-bond acceptors (Lipinski definition) is 6. The Balaban J connectivity index is 2.14. The molecule has 0 saturated carbocycles. The molecule has 0 bridgehead atoms. The average Bonchev–Trinajstić information content (AvgIpc) is 2.53. The largest absolute Gasteiger partial charge is 0.490 e. The zero-order valence-electron chi connectivity index (χ0n) is 13.3. The fourth-order valence-electron chi connectivity index (χ4n) is 2.62. The molecule has 6 heteroatoms. The number of nitrogens with one attached hydrogen (secondary N) is 1. The van der Waals surface area contributed by atoms with Gasteiger partial charge < -0.3 is 19.7 Å². The third kappa shape index (κ3) is 3.97.